The van der Waals surface area contributed by atoms with E-state index in [2.05, 4.69) is 11.5 Å². The molecule has 0 radical (unpaired) electrons. The van der Waals surface area contributed by atoms with Crippen molar-refractivity contribution in [2.75, 3.05) is 0 Å². The third-order valence-corrected chi connectivity index (χ3v) is 0. The van der Waals surface area contributed by atoms with Crippen LogP contribution in [0.5, 0.6) is 0 Å². The highest BCUT2D eigenvalue weighted by molar-refractivity contribution is 5.75. The summed E-state index contributed by atoms with van der Waals surface area (Å²) in [6.07, 6.45) is 0. The molecule has 0 aliphatic heterocycles. The van der Waals surface area contributed by atoms with Crippen LogP contribution in [0.15, 0.2) is 0 Å². The van der Waals surface area contributed by atoms with Crippen molar-refractivity contribution in [2.45, 2.75) is 0 Å². The van der Waals surface area contributed by atoms with Crippen LogP contribution >= 0.6 is 0 Å². The van der Waals surface area contributed by atoms with Gasteiger partial charge < -0.3 is 5.53 Å². The van der Waals surface area contributed by atoms with Crippen molar-refractivity contribution < 1.29 is 4.79 Å². The molecule has 0 saturated heterocycles. The van der Waals surface area contributed by atoms with E-state index in [1.54, 1.807) is 0 Å². The fourth-order valence-electron chi connectivity index (χ4n) is 0. The van der Waals surface area contributed by atoms with Gasteiger partial charge >= 0.3 is 0 Å². The topological polar surface area (TPSA) is 36.4 Å². The maximum atomic E-state index is 7.08. The molecular formula is CH6N2Si. The quantitative estimate of drug-likeness (QED) is 0.145. The molecule has 0 saturated carbocycles. The zero-order valence-electron chi connectivity index (χ0n) is 1.60. The van der Waals surface area contributed by atoms with Gasteiger partial charge in [-0.15, -0.1) is 0 Å². The van der Waals surface area contributed by atoms with Gasteiger partial charge in [0.25, 0.3) is 0 Å². The summed E-state index contributed by atoms with van der Waals surface area (Å²) in [5, 5.41) is 0. The van der Waals surface area contributed by atoms with E-state index in [1.165, 1.54) is 0 Å². The predicted octanol–water partition coefficient (Wildman–Crippen LogP) is -1.53. The molecule has 0 aliphatic carbocycles. The molecule has 0 heterocycles. The molecular weight excluding hydrogens is 68.1 g/mol. The van der Waals surface area contributed by atoms with Gasteiger partial charge in [-0.05, 0) is 11.0 Å². The summed E-state index contributed by atoms with van der Waals surface area (Å²) in [4.78, 5) is 2.25. The monoisotopic (exact) mass is 74.0 g/mol. The van der Waals surface area contributed by atoms with Crippen molar-refractivity contribution in [3.05, 3.63) is 5.53 Å². The molecule has 0 aliphatic rings. The van der Waals surface area contributed by atoms with Crippen LogP contribution in [-0.2, 0) is 0 Å². The lowest BCUT2D eigenvalue weighted by molar-refractivity contribution is 0.0110. The molecule has 0 bridgehead atoms. The maximum absolute atomic E-state index is 7.08. The molecule has 0 aromatic heterocycles. The Kier molecular flexibility index (Phi) is 44.2. The van der Waals surface area contributed by atoms with E-state index in [4.69, 9.17) is 5.53 Å². The molecule has 0 aromatic carbocycles. The molecule has 2 nitrogen and oxygen atoms in total. The smallest absolute Gasteiger partial charge is 0.245 e. The van der Waals surface area contributed by atoms with Crippen molar-refractivity contribution >= 4 is 17.7 Å². The molecule has 0 unspecified atom stereocenters. The van der Waals surface area contributed by atoms with Crippen LogP contribution in [0.3, 0.4) is 0 Å². The van der Waals surface area contributed by atoms with Crippen LogP contribution < -0.4 is 0 Å². The Balaban J connectivity index is 0. The zero-order valence-corrected chi connectivity index (χ0v) is 1.60. The second-order valence-corrected chi connectivity index (χ2v) is 0.141. The normalized spacial score (nSPS) is 2.00. The molecule has 4 heavy (non-hydrogen) atoms. The van der Waals surface area contributed by atoms with Crippen LogP contribution in [-0.4, -0.2) is 22.5 Å². The molecule has 24 valence electrons. The highest BCUT2D eigenvalue weighted by Crippen LogP contribution is 0.902. The average molecular weight is 74.2 g/mol. The molecule has 0 fully saturated rings. The van der Waals surface area contributed by atoms with E-state index >= 15 is 0 Å². The second kappa shape index (κ2) is 18.6. The molecule has 0 N–H and O–H groups in total. The largest absolute Gasteiger partial charge is 0.362 e. The van der Waals surface area contributed by atoms with Crippen LogP contribution in [0.1, 0.15) is 0 Å². The Morgan fingerprint density at radius 2 is 1.75 bits per heavy atom. The van der Waals surface area contributed by atoms with Crippen molar-refractivity contribution in [3.8, 4) is 0 Å². The van der Waals surface area contributed by atoms with Crippen LogP contribution in [0.4, 0.5) is 0 Å². The molecule has 0 amide bonds. The van der Waals surface area contributed by atoms with Gasteiger partial charge in [0.1, 0.15) is 0 Å². The Morgan fingerprint density at radius 3 is 1.75 bits per heavy atom. The molecule has 3 heteroatoms. The summed E-state index contributed by atoms with van der Waals surface area (Å²) in [7, 11) is 0. The third-order valence-electron chi connectivity index (χ3n) is 0. The van der Waals surface area contributed by atoms with Crippen LogP contribution in [0.25, 0.3) is 5.53 Å². The number of hydrogen-bond acceptors (Lipinski definition) is 0. The second-order valence-electron chi connectivity index (χ2n) is 0.141. The van der Waals surface area contributed by atoms with Crippen LogP contribution in [0, 0.1) is 0 Å². The van der Waals surface area contributed by atoms with Gasteiger partial charge in [-0.2, -0.15) is 4.79 Å². The summed E-state index contributed by atoms with van der Waals surface area (Å²) in [5.41, 5.74) is 7.08. The first-order valence-corrected chi connectivity index (χ1v) is 0.516. The Hall–Kier alpha value is -0.403. The SMILES string of the molecule is C=[N+]=[N-].[SiH4]. The van der Waals surface area contributed by atoms with E-state index in [0.717, 1.165) is 0 Å². The van der Waals surface area contributed by atoms with Crippen molar-refractivity contribution in [1.29, 1.82) is 0 Å². The zero-order chi connectivity index (χ0) is 2.71. The minimum absolute atomic E-state index is 0. The minimum Gasteiger partial charge on any atom is -0.362 e. The summed E-state index contributed by atoms with van der Waals surface area (Å²) >= 11 is 0. The predicted molar refractivity (Wildman–Crippen MR) is 22.1 cm³/mol. The van der Waals surface area contributed by atoms with Gasteiger partial charge in [0, 0.05) is 0 Å². The fraction of sp³-hybridized carbons (Fsp3) is 0. The van der Waals surface area contributed by atoms with E-state index in [9.17, 15) is 0 Å². The number of rotatable bonds is 0. The lowest BCUT2D eigenvalue weighted by Gasteiger charge is -1.16. The van der Waals surface area contributed by atoms with Gasteiger partial charge in [0.2, 0.25) is 6.72 Å². The number of hydrogen-bond donors (Lipinski definition) is 0. The minimum atomic E-state index is 0. The van der Waals surface area contributed by atoms with Gasteiger partial charge in [0.05, 0.1) is 0 Å². The van der Waals surface area contributed by atoms with Gasteiger partial charge in [-0.1, -0.05) is 0 Å². The molecule has 0 rings (SSSR count). The van der Waals surface area contributed by atoms with Gasteiger partial charge in [0.15, 0.2) is 0 Å². The van der Waals surface area contributed by atoms with E-state index < -0.39 is 0 Å². The Labute approximate surface area is 29.1 Å². The van der Waals surface area contributed by atoms with Crippen molar-refractivity contribution in [2.24, 2.45) is 0 Å². The molecule has 0 aromatic rings. The van der Waals surface area contributed by atoms with Crippen molar-refractivity contribution in [3.63, 3.8) is 0 Å². The first kappa shape index (κ1) is 9.51. The highest BCUT2D eigenvalue weighted by Gasteiger charge is 0.932. The standard InChI is InChI=1S/CH2N2.H4Si/c1-3-2;/h1H2;1H4. The number of nitrogens with zero attached hydrogens (tertiary/aromatic N) is 2. The van der Waals surface area contributed by atoms with Gasteiger partial charge in [-0.25, -0.2) is 0 Å². The third kappa shape index (κ3) is 3.50. The van der Waals surface area contributed by atoms with E-state index in [0.29, 0.717) is 0 Å². The first-order chi connectivity index (χ1) is 1.41. The van der Waals surface area contributed by atoms with Crippen molar-refractivity contribution in [1.82, 2.24) is 0 Å². The lowest BCUT2D eigenvalue weighted by Crippen LogP contribution is -1.21. The van der Waals surface area contributed by atoms with E-state index in [1.807, 2.05) is 0 Å². The highest BCUT2D eigenvalue weighted by atomic mass is 28.1. The maximum Gasteiger partial charge on any atom is 0.245 e. The Bertz CT molecular complexity index is 27.0. The molecule has 0 atom stereocenters. The summed E-state index contributed by atoms with van der Waals surface area (Å²) in [5.74, 6) is 0. The summed E-state index contributed by atoms with van der Waals surface area (Å²) in [6, 6.07) is 0. The summed E-state index contributed by atoms with van der Waals surface area (Å²) in [6.45, 7) is 2.67. The average Bonchev–Trinajstić information content (AvgIpc) is 0.918. The van der Waals surface area contributed by atoms with Crippen LogP contribution in [0.2, 0.25) is 0 Å². The van der Waals surface area contributed by atoms with E-state index in [-0.39, 0.29) is 11.0 Å². The first-order valence-electron chi connectivity index (χ1n) is 0.516. The van der Waals surface area contributed by atoms with Gasteiger partial charge in [-0.3, -0.25) is 0 Å². The fourth-order valence-corrected chi connectivity index (χ4v) is 0. The molecule has 0 spiro atoms. The Morgan fingerprint density at radius 1 is 1.75 bits per heavy atom. The lowest BCUT2D eigenvalue weighted by atomic mass is 11.8. The summed E-state index contributed by atoms with van der Waals surface area (Å²) < 4.78 is 0.